The molecule has 3 N–H and O–H groups in total. The topological polar surface area (TPSA) is 55.1 Å². The molecule has 2 fully saturated rings. The molecule has 3 heteroatoms. The van der Waals surface area contributed by atoms with Gasteiger partial charge in [0, 0.05) is 18.5 Å². The molecule has 0 atom stereocenters. The first-order valence-electron chi connectivity index (χ1n) is 8.17. The van der Waals surface area contributed by atoms with Gasteiger partial charge in [-0.3, -0.25) is 4.79 Å². The van der Waals surface area contributed by atoms with Gasteiger partial charge in [0.2, 0.25) is 5.91 Å². The van der Waals surface area contributed by atoms with Gasteiger partial charge in [-0.2, -0.15) is 0 Å². The second-order valence-electron chi connectivity index (χ2n) is 6.85. The molecule has 0 radical (unpaired) electrons. The Labute approximate surface area is 117 Å². The summed E-state index contributed by atoms with van der Waals surface area (Å²) in [5.74, 6) is 1.80. The summed E-state index contributed by atoms with van der Waals surface area (Å²) in [6, 6.07) is 0. The van der Waals surface area contributed by atoms with Crippen molar-refractivity contribution in [1.82, 2.24) is 5.32 Å². The zero-order chi connectivity index (χ0) is 13.7. The molecule has 0 aromatic rings. The molecule has 0 aromatic carbocycles. The van der Waals surface area contributed by atoms with Crippen molar-refractivity contribution in [2.75, 3.05) is 6.54 Å². The number of carbonyl (C=O) groups is 1. The first kappa shape index (κ1) is 14.8. The van der Waals surface area contributed by atoms with Gasteiger partial charge in [-0.15, -0.1) is 0 Å². The Morgan fingerprint density at radius 1 is 1.16 bits per heavy atom. The molecule has 110 valence electrons. The summed E-state index contributed by atoms with van der Waals surface area (Å²) in [5.41, 5.74) is 6.04. The van der Waals surface area contributed by atoms with Crippen LogP contribution in [0.1, 0.15) is 71.1 Å². The summed E-state index contributed by atoms with van der Waals surface area (Å²) in [7, 11) is 0. The van der Waals surface area contributed by atoms with E-state index in [9.17, 15) is 4.79 Å². The normalized spacial score (nSPS) is 30.2. The van der Waals surface area contributed by atoms with Crippen LogP contribution in [0, 0.1) is 11.8 Å². The summed E-state index contributed by atoms with van der Waals surface area (Å²) < 4.78 is 0. The van der Waals surface area contributed by atoms with E-state index in [2.05, 4.69) is 12.2 Å². The lowest BCUT2D eigenvalue weighted by molar-refractivity contribution is -0.122. The largest absolute Gasteiger partial charge is 0.356 e. The fourth-order valence-corrected chi connectivity index (χ4v) is 3.74. The Morgan fingerprint density at radius 2 is 1.74 bits per heavy atom. The quantitative estimate of drug-likeness (QED) is 0.803. The van der Waals surface area contributed by atoms with Gasteiger partial charge in [0.25, 0.3) is 0 Å². The van der Waals surface area contributed by atoms with E-state index < -0.39 is 0 Å². The lowest BCUT2D eigenvalue weighted by Crippen LogP contribution is -2.43. The molecular weight excluding hydrogens is 236 g/mol. The van der Waals surface area contributed by atoms with Crippen LogP contribution >= 0.6 is 0 Å². The highest BCUT2D eigenvalue weighted by Crippen LogP contribution is 2.31. The molecule has 0 aliphatic heterocycles. The third kappa shape index (κ3) is 4.48. The van der Waals surface area contributed by atoms with Gasteiger partial charge in [0.05, 0.1) is 0 Å². The van der Waals surface area contributed by atoms with E-state index in [-0.39, 0.29) is 11.4 Å². The monoisotopic (exact) mass is 266 g/mol. The zero-order valence-corrected chi connectivity index (χ0v) is 12.4. The number of hydrogen-bond donors (Lipinski definition) is 2. The molecule has 2 aliphatic carbocycles. The molecule has 0 aromatic heterocycles. The Morgan fingerprint density at radius 3 is 2.32 bits per heavy atom. The molecule has 3 nitrogen and oxygen atoms in total. The minimum absolute atomic E-state index is 0.169. The van der Waals surface area contributed by atoms with E-state index in [0.29, 0.717) is 12.3 Å². The van der Waals surface area contributed by atoms with Crippen LogP contribution in [0.15, 0.2) is 0 Å². The minimum Gasteiger partial charge on any atom is -0.356 e. The lowest BCUT2D eigenvalue weighted by Gasteiger charge is -2.28. The Balaban J connectivity index is 1.64. The molecule has 0 saturated heterocycles. The fraction of sp³-hybridized carbons (Fsp3) is 0.938. The van der Waals surface area contributed by atoms with Gasteiger partial charge >= 0.3 is 0 Å². The van der Waals surface area contributed by atoms with E-state index in [4.69, 9.17) is 5.73 Å². The van der Waals surface area contributed by atoms with E-state index in [0.717, 1.165) is 25.3 Å². The summed E-state index contributed by atoms with van der Waals surface area (Å²) in [6.45, 7) is 3.15. The summed E-state index contributed by atoms with van der Waals surface area (Å²) in [4.78, 5) is 12.0. The molecule has 19 heavy (non-hydrogen) atoms. The predicted octanol–water partition coefficient (Wildman–Crippen LogP) is 2.98. The van der Waals surface area contributed by atoms with Crippen LogP contribution in [0.3, 0.4) is 0 Å². The first-order valence-corrected chi connectivity index (χ1v) is 8.17. The van der Waals surface area contributed by atoms with E-state index in [1.165, 1.54) is 44.9 Å². The van der Waals surface area contributed by atoms with E-state index in [1.54, 1.807) is 0 Å². The SMILES string of the molecule is CCC1CCC(CNC(=O)CC2(N)CCCC2)CC1. The van der Waals surface area contributed by atoms with Gasteiger partial charge < -0.3 is 11.1 Å². The van der Waals surface area contributed by atoms with Crippen molar-refractivity contribution in [3.05, 3.63) is 0 Å². The van der Waals surface area contributed by atoms with Gasteiger partial charge in [-0.25, -0.2) is 0 Å². The first-order chi connectivity index (χ1) is 9.11. The second kappa shape index (κ2) is 6.74. The van der Waals surface area contributed by atoms with Crippen molar-refractivity contribution in [2.45, 2.75) is 76.7 Å². The van der Waals surface area contributed by atoms with Crippen LogP contribution < -0.4 is 11.1 Å². The van der Waals surface area contributed by atoms with Crippen molar-refractivity contribution in [3.8, 4) is 0 Å². The predicted molar refractivity (Wildman–Crippen MR) is 78.8 cm³/mol. The highest BCUT2D eigenvalue weighted by atomic mass is 16.1. The maximum absolute atomic E-state index is 12.0. The van der Waals surface area contributed by atoms with Crippen molar-refractivity contribution in [1.29, 1.82) is 0 Å². The third-order valence-electron chi connectivity index (χ3n) is 5.24. The van der Waals surface area contributed by atoms with E-state index >= 15 is 0 Å². The van der Waals surface area contributed by atoms with Crippen molar-refractivity contribution in [2.24, 2.45) is 17.6 Å². The number of carbonyl (C=O) groups excluding carboxylic acids is 1. The number of amides is 1. The average molecular weight is 266 g/mol. The number of hydrogen-bond acceptors (Lipinski definition) is 2. The Bertz CT molecular complexity index is 289. The molecule has 0 bridgehead atoms. The van der Waals surface area contributed by atoms with Crippen LogP contribution in [-0.4, -0.2) is 18.0 Å². The maximum Gasteiger partial charge on any atom is 0.221 e. The Hall–Kier alpha value is -0.570. The van der Waals surface area contributed by atoms with Crippen molar-refractivity contribution >= 4 is 5.91 Å². The molecule has 2 saturated carbocycles. The molecule has 0 spiro atoms. The van der Waals surface area contributed by atoms with Crippen molar-refractivity contribution < 1.29 is 4.79 Å². The maximum atomic E-state index is 12.0. The Kier molecular flexibility index (Phi) is 5.26. The van der Waals surface area contributed by atoms with Crippen LogP contribution in [-0.2, 0) is 4.79 Å². The van der Waals surface area contributed by atoms with Gasteiger partial charge in [0.15, 0.2) is 0 Å². The van der Waals surface area contributed by atoms with E-state index in [1.807, 2.05) is 0 Å². The zero-order valence-electron chi connectivity index (χ0n) is 12.4. The van der Waals surface area contributed by atoms with Crippen LogP contribution in [0.2, 0.25) is 0 Å². The summed E-state index contributed by atoms with van der Waals surface area (Å²) in [5, 5.41) is 3.12. The standard InChI is InChI=1S/C16H30N2O/c1-2-13-5-7-14(8-6-13)12-18-15(19)11-16(17)9-3-4-10-16/h13-14H,2-12,17H2,1H3,(H,18,19). The number of nitrogens with one attached hydrogen (secondary N) is 1. The molecule has 2 aliphatic rings. The molecule has 1 amide bonds. The van der Waals surface area contributed by atoms with Crippen LogP contribution in [0.4, 0.5) is 0 Å². The molecule has 2 rings (SSSR count). The molecule has 0 heterocycles. The average Bonchev–Trinajstić information content (AvgIpc) is 2.83. The molecule has 0 unspecified atom stereocenters. The smallest absolute Gasteiger partial charge is 0.221 e. The lowest BCUT2D eigenvalue weighted by atomic mass is 9.81. The minimum atomic E-state index is -0.204. The highest BCUT2D eigenvalue weighted by molar-refractivity contribution is 5.77. The summed E-state index contributed by atoms with van der Waals surface area (Å²) in [6.07, 6.45) is 11.5. The van der Waals surface area contributed by atoms with Crippen LogP contribution in [0.25, 0.3) is 0 Å². The summed E-state index contributed by atoms with van der Waals surface area (Å²) >= 11 is 0. The van der Waals surface area contributed by atoms with Crippen molar-refractivity contribution in [3.63, 3.8) is 0 Å². The third-order valence-corrected chi connectivity index (χ3v) is 5.24. The number of nitrogens with two attached hydrogens (primary N) is 1. The fourth-order valence-electron chi connectivity index (χ4n) is 3.74. The molecular formula is C16H30N2O. The number of rotatable bonds is 5. The highest BCUT2D eigenvalue weighted by Gasteiger charge is 2.31. The second-order valence-corrected chi connectivity index (χ2v) is 6.85. The van der Waals surface area contributed by atoms with Crippen LogP contribution in [0.5, 0.6) is 0 Å². The van der Waals surface area contributed by atoms with Gasteiger partial charge in [-0.1, -0.05) is 39.0 Å². The van der Waals surface area contributed by atoms with Gasteiger partial charge in [0.1, 0.15) is 0 Å². The van der Waals surface area contributed by atoms with Gasteiger partial charge in [-0.05, 0) is 37.5 Å².